The van der Waals surface area contributed by atoms with Gasteiger partial charge in [-0.3, -0.25) is 9.63 Å². The molecule has 1 atom stereocenters. The number of hydrogen-bond acceptors (Lipinski definition) is 8. The molecule has 1 fully saturated rings. The normalized spacial score (nSPS) is 16.5. The molecule has 1 aliphatic heterocycles. The van der Waals surface area contributed by atoms with Gasteiger partial charge >= 0.3 is 0 Å². The van der Waals surface area contributed by atoms with E-state index in [-0.39, 0.29) is 11.9 Å². The number of thiophene rings is 1. The fraction of sp³-hybridized carbons (Fsp3) is 0.444. The first-order chi connectivity index (χ1) is 17.6. The lowest BCUT2D eigenvalue weighted by molar-refractivity contribution is -0.157. The highest BCUT2D eigenvalue weighted by Crippen LogP contribution is 2.33. The summed E-state index contributed by atoms with van der Waals surface area (Å²) < 4.78 is 0. The lowest BCUT2D eigenvalue weighted by Gasteiger charge is -2.42. The van der Waals surface area contributed by atoms with Gasteiger partial charge in [0.05, 0.1) is 24.6 Å². The van der Waals surface area contributed by atoms with Crippen LogP contribution in [-0.2, 0) is 22.5 Å². The third-order valence-electron chi connectivity index (χ3n) is 6.44. The van der Waals surface area contributed by atoms with Crippen LogP contribution < -0.4 is 10.7 Å². The molecule has 2 aromatic heterocycles. The number of hydroxylamine groups is 1. The van der Waals surface area contributed by atoms with Crippen molar-refractivity contribution in [1.29, 1.82) is 0 Å². The maximum atomic E-state index is 13.1. The molecule has 3 aromatic rings. The number of aryl methyl sites for hydroxylation is 1. The van der Waals surface area contributed by atoms with E-state index in [1.54, 1.807) is 17.7 Å². The van der Waals surface area contributed by atoms with Crippen LogP contribution in [0.1, 0.15) is 37.1 Å². The van der Waals surface area contributed by atoms with Crippen molar-refractivity contribution in [2.75, 3.05) is 37.7 Å². The maximum Gasteiger partial charge on any atom is 0.222 e. The summed E-state index contributed by atoms with van der Waals surface area (Å²) in [5.41, 5.74) is 1.25. The predicted molar refractivity (Wildman–Crippen MR) is 146 cm³/mol. The third-order valence-corrected chi connectivity index (χ3v) is 7.63. The van der Waals surface area contributed by atoms with Crippen LogP contribution in [0.3, 0.4) is 0 Å². The molecule has 1 aromatic carbocycles. The average Bonchev–Trinajstić information content (AvgIpc) is 3.34. The fourth-order valence-corrected chi connectivity index (χ4v) is 5.47. The summed E-state index contributed by atoms with van der Waals surface area (Å²) in [6.45, 7) is 7.12. The van der Waals surface area contributed by atoms with Gasteiger partial charge in [-0.25, -0.2) is 15.8 Å². The molecular formula is C27H36N6O2S. The zero-order valence-electron chi connectivity index (χ0n) is 21.2. The Bertz CT molecular complexity index is 1150. The van der Waals surface area contributed by atoms with Crippen molar-refractivity contribution >= 4 is 33.3 Å². The molecule has 36 heavy (non-hydrogen) atoms. The minimum Gasteiger partial charge on any atom is -0.349 e. The molecule has 1 amide bonds. The molecule has 4 rings (SSSR count). The number of hydrazine groups is 1. The monoisotopic (exact) mass is 508 g/mol. The Morgan fingerprint density at radius 2 is 2.11 bits per heavy atom. The minimum atomic E-state index is 0.129. The molecule has 0 saturated carbocycles. The Hall–Kier alpha value is -2.85. The molecule has 3 heterocycles. The second kappa shape index (κ2) is 12.9. The lowest BCUT2D eigenvalue weighted by atomic mass is 10.0. The van der Waals surface area contributed by atoms with Crippen molar-refractivity contribution < 1.29 is 9.63 Å². The van der Waals surface area contributed by atoms with Gasteiger partial charge in [0.2, 0.25) is 5.91 Å². The van der Waals surface area contributed by atoms with E-state index in [0.29, 0.717) is 39.1 Å². The van der Waals surface area contributed by atoms with Crippen molar-refractivity contribution in [3.05, 3.63) is 65.3 Å². The fourth-order valence-electron chi connectivity index (χ4n) is 4.54. The topological polar surface area (TPSA) is 87.8 Å². The minimum absolute atomic E-state index is 0.129. The number of carbonyl (C=O) groups excluding carboxylic acids is 1. The van der Waals surface area contributed by atoms with E-state index >= 15 is 0 Å². The number of amides is 1. The Morgan fingerprint density at radius 1 is 1.28 bits per heavy atom. The van der Waals surface area contributed by atoms with E-state index < -0.39 is 0 Å². The number of piperazine rings is 1. The molecule has 0 radical (unpaired) electrons. The van der Waals surface area contributed by atoms with E-state index in [9.17, 15) is 4.79 Å². The van der Waals surface area contributed by atoms with Gasteiger partial charge in [0.15, 0.2) is 0 Å². The maximum absolute atomic E-state index is 13.1. The highest BCUT2D eigenvalue weighted by molar-refractivity contribution is 7.18. The highest BCUT2D eigenvalue weighted by atomic mass is 32.1. The molecule has 0 aliphatic carbocycles. The Kier molecular flexibility index (Phi) is 9.41. The molecule has 8 nitrogen and oxygen atoms in total. The Morgan fingerprint density at radius 3 is 2.89 bits per heavy atom. The van der Waals surface area contributed by atoms with Gasteiger partial charge in [0.25, 0.3) is 0 Å². The van der Waals surface area contributed by atoms with Gasteiger partial charge in [0.1, 0.15) is 17.0 Å². The quantitative estimate of drug-likeness (QED) is 0.181. The van der Waals surface area contributed by atoms with Crippen LogP contribution >= 0.6 is 11.3 Å². The van der Waals surface area contributed by atoms with E-state index in [4.69, 9.17) is 15.7 Å². The average molecular weight is 509 g/mol. The number of carbonyl (C=O) groups is 1. The molecule has 192 valence electrons. The first kappa shape index (κ1) is 26.2. The second-order valence-electron chi connectivity index (χ2n) is 8.96. The molecule has 0 bridgehead atoms. The number of benzene rings is 1. The third kappa shape index (κ3) is 6.67. The first-order valence-corrected chi connectivity index (χ1v) is 13.5. The van der Waals surface area contributed by atoms with Gasteiger partial charge in [-0.2, -0.15) is 0 Å². The molecule has 1 saturated heterocycles. The number of rotatable bonds is 11. The lowest BCUT2D eigenvalue weighted by Crippen LogP contribution is -2.56. The number of anilines is 1. The number of allylic oxidation sites excluding steroid dienone is 1. The molecule has 1 unspecified atom stereocenters. The van der Waals surface area contributed by atoms with Crippen molar-refractivity contribution in [1.82, 2.24) is 20.0 Å². The highest BCUT2D eigenvalue weighted by Gasteiger charge is 2.31. The summed E-state index contributed by atoms with van der Waals surface area (Å²) >= 11 is 1.73. The standard InChI is InChI=1S/C27H36N6O2S/c1-3-5-13-33(28)35-16-9-12-25(34)31-14-15-32(22(19-31)17-21-10-7-6-8-11-21)26-24-18-23(4-2)36-27(24)30-20-29-26/h3,5-8,10-11,18,20,22H,4,9,12-17,19,28H2,1-2H3/b5-3-. The number of nitrogens with zero attached hydrogens (tertiary/aromatic N) is 5. The van der Waals surface area contributed by atoms with Crippen LogP contribution in [0.5, 0.6) is 0 Å². The van der Waals surface area contributed by atoms with E-state index in [1.165, 1.54) is 15.6 Å². The van der Waals surface area contributed by atoms with Crippen LogP contribution in [0, 0.1) is 0 Å². The second-order valence-corrected chi connectivity index (χ2v) is 10.1. The summed E-state index contributed by atoms with van der Waals surface area (Å²) in [7, 11) is 0. The van der Waals surface area contributed by atoms with E-state index in [1.807, 2.05) is 30.0 Å². The molecule has 0 spiro atoms. The van der Waals surface area contributed by atoms with Crippen LogP contribution in [-0.4, -0.2) is 64.8 Å². The summed E-state index contributed by atoms with van der Waals surface area (Å²) in [6, 6.07) is 12.8. The van der Waals surface area contributed by atoms with Crippen LogP contribution in [0.25, 0.3) is 10.2 Å². The summed E-state index contributed by atoms with van der Waals surface area (Å²) in [4.78, 5) is 34.5. The Balaban J connectivity index is 1.45. The van der Waals surface area contributed by atoms with Gasteiger partial charge in [-0.15, -0.1) is 16.5 Å². The van der Waals surface area contributed by atoms with Crippen LogP contribution in [0.2, 0.25) is 0 Å². The van der Waals surface area contributed by atoms with Gasteiger partial charge < -0.3 is 9.80 Å². The van der Waals surface area contributed by atoms with Gasteiger partial charge in [-0.05, 0) is 37.8 Å². The molecule has 1 aliphatic rings. The van der Waals surface area contributed by atoms with Crippen molar-refractivity contribution in [2.24, 2.45) is 5.84 Å². The van der Waals surface area contributed by atoms with Gasteiger partial charge in [0, 0.05) is 30.9 Å². The summed E-state index contributed by atoms with van der Waals surface area (Å²) in [5.74, 6) is 6.91. The molecule has 2 N–H and O–H groups in total. The van der Waals surface area contributed by atoms with Crippen LogP contribution in [0.4, 0.5) is 5.82 Å². The SMILES string of the molecule is C/C=C\CN(N)OCCCC(=O)N1CCN(c2ncnc3sc(CC)cc23)C(Cc2ccccc2)C1. The number of hydrogen-bond donors (Lipinski definition) is 1. The number of nitrogens with two attached hydrogens (primary N) is 1. The van der Waals surface area contributed by atoms with E-state index in [0.717, 1.165) is 35.4 Å². The number of aromatic nitrogens is 2. The smallest absolute Gasteiger partial charge is 0.222 e. The zero-order chi connectivity index (χ0) is 25.3. The van der Waals surface area contributed by atoms with E-state index in [2.05, 4.69) is 47.1 Å². The van der Waals surface area contributed by atoms with Crippen molar-refractivity contribution in [3.63, 3.8) is 0 Å². The summed E-state index contributed by atoms with van der Waals surface area (Å²) in [5, 5.41) is 2.41. The number of fused-ring (bicyclic) bond motifs is 1. The Labute approximate surface area is 217 Å². The predicted octanol–water partition coefficient (Wildman–Crippen LogP) is 3.98. The zero-order valence-corrected chi connectivity index (χ0v) is 22.0. The van der Waals surface area contributed by atoms with Crippen molar-refractivity contribution in [3.8, 4) is 0 Å². The summed E-state index contributed by atoms with van der Waals surface area (Å²) in [6.07, 6.45) is 8.41. The van der Waals surface area contributed by atoms with Gasteiger partial charge in [-0.1, -0.05) is 49.4 Å². The van der Waals surface area contributed by atoms with Crippen LogP contribution in [0.15, 0.2) is 54.9 Å². The van der Waals surface area contributed by atoms with Crippen molar-refractivity contribution in [2.45, 2.75) is 45.6 Å². The largest absolute Gasteiger partial charge is 0.349 e. The molecular weight excluding hydrogens is 472 g/mol. The first-order valence-electron chi connectivity index (χ1n) is 12.7. The molecule has 9 heteroatoms.